The van der Waals surface area contributed by atoms with Crippen molar-refractivity contribution < 1.29 is 16.8 Å². The Bertz CT molecular complexity index is 2350. The van der Waals surface area contributed by atoms with E-state index in [1.807, 2.05) is 30.3 Å². The van der Waals surface area contributed by atoms with Crippen LogP contribution in [0.25, 0.3) is 11.0 Å². The number of sulfonamides is 2. The van der Waals surface area contributed by atoms with Crippen LogP contribution in [0.3, 0.4) is 0 Å². The molecule has 1 heterocycles. The summed E-state index contributed by atoms with van der Waals surface area (Å²) in [4.78, 5) is 5.54. The SMILES string of the molecule is CN(c1ccc(NCCC2CCCCC2)c(N)c1)S(=O)(=O)c1ccccc1.CN(c1ccc2c(c1)nc(C(C)(C)C)n2CCC1CCCCC1)S(=O)(=O)c1ccccc1. The zero-order valence-electron chi connectivity index (χ0n) is 35.6. The summed E-state index contributed by atoms with van der Waals surface area (Å²) in [6.07, 6.45) is 15.8. The van der Waals surface area contributed by atoms with Gasteiger partial charge in [-0.15, -0.1) is 0 Å². The highest BCUT2D eigenvalue weighted by Gasteiger charge is 2.27. The zero-order valence-corrected chi connectivity index (χ0v) is 37.2. The molecule has 1 aromatic heterocycles. The Kier molecular flexibility index (Phi) is 14.3. The van der Waals surface area contributed by atoms with Crippen LogP contribution in [0.1, 0.15) is 104 Å². The normalized spacial score (nSPS) is 15.7. The Hall–Kier alpha value is -4.55. The summed E-state index contributed by atoms with van der Waals surface area (Å²) in [5, 5.41) is 3.40. The highest BCUT2D eigenvalue weighted by atomic mass is 32.2. The molecular formula is C47H64N6O4S2. The van der Waals surface area contributed by atoms with Gasteiger partial charge in [0, 0.05) is 32.6 Å². The minimum Gasteiger partial charge on any atom is -0.397 e. The van der Waals surface area contributed by atoms with Crippen LogP contribution in [0.5, 0.6) is 0 Å². The van der Waals surface area contributed by atoms with Gasteiger partial charge in [-0.3, -0.25) is 8.61 Å². The topological polar surface area (TPSA) is 131 Å². The van der Waals surface area contributed by atoms with E-state index in [4.69, 9.17) is 10.7 Å². The van der Waals surface area contributed by atoms with E-state index in [1.165, 1.54) is 79.2 Å². The second-order valence-electron chi connectivity index (χ2n) is 17.4. The number of nitrogens with two attached hydrogens (primary N) is 1. The summed E-state index contributed by atoms with van der Waals surface area (Å²) in [5.41, 5.74) is 10.6. The molecule has 0 radical (unpaired) electrons. The van der Waals surface area contributed by atoms with Crippen LogP contribution in [0, 0.1) is 11.8 Å². The van der Waals surface area contributed by atoms with Gasteiger partial charge in [-0.05, 0) is 85.3 Å². The van der Waals surface area contributed by atoms with Crippen molar-refractivity contribution in [2.75, 3.05) is 40.3 Å². The Morgan fingerprint density at radius 2 is 1.17 bits per heavy atom. The first kappa shape index (κ1) is 44.0. The number of imidazole rings is 1. The zero-order chi connectivity index (χ0) is 42.2. The van der Waals surface area contributed by atoms with Gasteiger partial charge in [-0.1, -0.05) is 121 Å². The molecule has 7 rings (SSSR count). The van der Waals surface area contributed by atoms with E-state index in [-0.39, 0.29) is 15.2 Å². The summed E-state index contributed by atoms with van der Waals surface area (Å²) in [6.45, 7) is 8.44. The first-order valence-electron chi connectivity index (χ1n) is 21.4. The number of nitrogens with zero attached hydrogens (tertiary/aromatic N) is 4. The molecule has 3 N–H and O–H groups in total. The summed E-state index contributed by atoms with van der Waals surface area (Å²) >= 11 is 0. The Morgan fingerprint density at radius 3 is 1.68 bits per heavy atom. The average molecular weight is 841 g/mol. The third kappa shape index (κ3) is 10.8. The molecule has 2 aliphatic carbocycles. The fourth-order valence-corrected chi connectivity index (χ4v) is 10.9. The van der Waals surface area contributed by atoms with Gasteiger partial charge in [0.2, 0.25) is 0 Å². The first-order chi connectivity index (χ1) is 28.2. The van der Waals surface area contributed by atoms with E-state index in [0.29, 0.717) is 17.1 Å². The predicted octanol–water partition coefficient (Wildman–Crippen LogP) is 10.6. The molecule has 4 aromatic carbocycles. The second kappa shape index (κ2) is 19.2. The summed E-state index contributed by atoms with van der Waals surface area (Å²) in [6, 6.07) is 28.2. The third-order valence-electron chi connectivity index (χ3n) is 12.0. The fraction of sp³-hybridized carbons (Fsp3) is 0.468. The van der Waals surface area contributed by atoms with Gasteiger partial charge < -0.3 is 15.6 Å². The van der Waals surface area contributed by atoms with E-state index < -0.39 is 20.0 Å². The van der Waals surface area contributed by atoms with Crippen LogP contribution < -0.4 is 19.7 Å². The summed E-state index contributed by atoms with van der Waals surface area (Å²) < 4.78 is 56.6. The highest BCUT2D eigenvalue weighted by molar-refractivity contribution is 7.93. The lowest BCUT2D eigenvalue weighted by atomic mass is 9.87. The molecule has 5 aromatic rings. The lowest BCUT2D eigenvalue weighted by Crippen LogP contribution is -2.26. The lowest BCUT2D eigenvalue weighted by Gasteiger charge is -2.24. The molecule has 0 saturated heterocycles. The Morgan fingerprint density at radius 1 is 0.678 bits per heavy atom. The van der Waals surface area contributed by atoms with Gasteiger partial charge in [0.15, 0.2) is 0 Å². The number of fused-ring (bicyclic) bond motifs is 1. The Labute approximate surface area is 353 Å². The second-order valence-corrected chi connectivity index (χ2v) is 21.3. The molecule has 10 nitrogen and oxygen atoms in total. The highest BCUT2D eigenvalue weighted by Crippen LogP contribution is 2.34. The van der Waals surface area contributed by atoms with Gasteiger partial charge in [0.1, 0.15) is 5.82 Å². The third-order valence-corrected chi connectivity index (χ3v) is 15.6. The van der Waals surface area contributed by atoms with Crippen LogP contribution in [-0.4, -0.2) is 47.0 Å². The minimum atomic E-state index is -3.62. The van der Waals surface area contributed by atoms with Gasteiger partial charge >= 0.3 is 0 Å². The largest absolute Gasteiger partial charge is 0.397 e. The number of hydrogen-bond donors (Lipinski definition) is 2. The van der Waals surface area contributed by atoms with E-state index >= 15 is 0 Å². The smallest absolute Gasteiger partial charge is 0.264 e. The molecule has 0 amide bonds. The van der Waals surface area contributed by atoms with Crippen molar-refractivity contribution in [3.8, 4) is 0 Å². The van der Waals surface area contributed by atoms with E-state index in [2.05, 4.69) is 30.7 Å². The molecule has 0 aliphatic heterocycles. The molecule has 12 heteroatoms. The van der Waals surface area contributed by atoms with Gasteiger partial charge in [-0.25, -0.2) is 21.8 Å². The number of benzene rings is 4. The maximum absolute atomic E-state index is 13.1. The summed E-state index contributed by atoms with van der Waals surface area (Å²) in [7, 11) is -4.06. The van der Waals surface area contributed by atoms with Gasteiger partial charge in [0.25, 0.3) is 20.0 Å². The number of anilines is 4. The molecule has 0 atom stereocenters. The summed E-state index contributed by atoms with van der Waals surface area (Å²) in [5.74, 6) is 2.68. The molecule has 2 fully saturated rings. The number of nitrogen functional groups attached to an aromatic ring is 1. The van der Waals surface area contributed by atoms with E-state index in [0.717, 1.165) is 53.9 Å². The van der Waals surface area contributed by atoms with Crippen molar-refractivity contribution in [3.63, 3.8) is 0 Å². The van der Waals surface area contributed by atoms with Crippen molar-refractivity contribution in [1.29, 1.82) is 0 Å². The standard InChI is InChI=1S/C26H35N3O2S.C21H29N3O2S/c1-26(2,3)25-27-23-19-21(28(4)32(30,31)22-13-9-6-10-14-22)15-16-24(23)29(25)18-17-20-11-7-5-8-12-20;1-24(27(25,26)19-10-6-3-7-11-19)18-12-13-21(20(22)16-18)23-15-14-17-8-4-2-5-9-17/h6,9-10,13-16,19-20H,5,7-8,11-12,17-18H2,1-4H3;3,6-7,10-13,16-17,23H,2,4-5,8-9,14-15,22H2,1H3. The molecule has 0 unspecified atom stereocenters. The van der Waals surface area contributed by atoms with Crippen LogP contribution in [-0.2, 0) is 32.0 Å². The molecular weight excluding hydrogens is 777 g/mol. The number of aromatic nitrogens is 2. The Balaban J connectivity index is 0.000000201. The number of nitrogens with one attached hydrogen (secondary N) is 1. The number of rotatable bonds is 13. The number of hydrogen-bond acceptors (Lipinski definition) is 7. The molecule has 2 aliphatic rings. The monoisotopic (exact) mass is 840 g/mol. The number of aryl methyl sites for hydroxylation is 1. The molecule has 0 bridgehead atoms. The van der Waals surface area contributed by atoms with Crippen molar-refractivity contribution in [2.24, 2.45) is 11.8 Å². The van der Waals surface area contributed by atoms with Gasteiger partial charge in [0.05, 0.1) is 43.6 Å². The van der Waals surface area contributed by atoms with Crippen molar-refractivity contribution in [3.05, 3.63) is 103 Å². The first-order valence-corrected chi connectivity index (χ1v) is 24.3. The van der Waals surface area contributed by atoms with Crippen molar-refractivity contribution in [2.45, 2.75) is 120 Å². The van der Waals surface area contributed by atoms with E-state index in [1.54, 1.807) is 80.8 Å². The maximum Gasteiger partial charge on any atom is 0.264 e. The van der Waals surface area contributed by atoms with Crippen LogP contribution in [0.15, 0.2) is 107 Å². The maximum atomic E-state index is 13.1. The van der Waals surface area contributed by atoms with Crippen LogP contribution >= 0.6 is 0 Å². The molecule has 0 spiro atoms. The van der Waals surface area contributed by atoms with Crippen molar-refractivity contribution >= 4 is 53.8 Å². The average Bonchev–Trinajstić information content (AvgIpc) is 3.63. The lowest BCUT2D eigenvalue weighted by molar-refractivity contribution is 0.321. The minimum absolute atomic E-state index is 0.0895. The van der Waals surface area contributed by atoms with Crippen LogP contribution in [0.4, 0.5) is 22.7 Å². The molecule has 59 heavy (non-hydrogen) atoms. The van der Waals surface area contributed by atoms with Crippen LogP contribution in [0.2, 0.25) is 0 Å². The van der Waals surface area contributed by atoms with E-state index in [9.17, 15) is 16.8 Å². The van der Waals surface area contributed by atoms with Crippen molar-refractivity contribution in [1.82, 2.24) is 9.55 Å². The predicted molar refractivity (Wildman–Crippen MR) is 244 cm³/mol. The fourth-order valence-electron chi connectivity index (χ4n) is 8.47. The quantitative estimate of drug-likeness (QED) is 0.113. The molecule has 318 valence electrons. The molecule has 2 saturated carbocycles. The van der Waals surface area contributed by atoms with Gasteiger partial charge in [-0.2, -0.15) is 0 Å².